The highest BCUT2D eigenvalue weighted by molar-refractivity contribution is 5.72. The van der Waals surface area contributed by atoms with Crippen molar-refractivity contribution in [1.82, 2.24) is 15.6 Å². The summed E-state index contributed by atoms with van der Waals surface area (Å²) in [6.07, 6.45) is 7.28. The van der Waals surface area contributed by atoms with Crippen LogP contribution in [0.4, 0.5) is 0 Å². The molecule has 0 spiro atoms. The Morgan fingerprint density at radius 1 is 1.24 bits per heavy atom. The third-order valence-electron chi connectivity index (χ3n) is 3.74. The first kappa shape index (κ1) is 13.9. The average Bonchev–Trinajstić information content (AvgIpc) is 2.94. The molecule has 21 heavy (non-hydrogen) atoms. The van der Waals surface area contributed by atoms with Gasteiger partial charge in [0.1, 0.15) is 11.1 Å². The molecule has 0 radical (unpaired) electrons. The standard InChI is InChI=1S/C17H21N3O/c1-3-18-13-9-11-17(12-10-13,19-4-2)16-20-14-7-5-6-8-15(14)21-16/h5-11,18-19H,3-4,12H2,1-2H3. The Bertz CT molecular complexity index is 653. The summed E-state index contributed by atoms with van der Waals surface area (Å²) in [6, 6.07) is 7.89. The van der Waals surface area contributed by atoms with Crippen molar-refractivity contribution in [2.24, 2.45) is 0 Å². The minimum atomic E-state index is -0.354. The molecule has 1 aliphatic carbocycles. The minimum Gasteiger partial charge on any atom is -0.438 e. The molecule has 1 atom stereocenters. The lowest BCUT2D eigenvalue weighted by Gasteiger charge is -2.30. The van der Waals surface area contributed by atoms with Crippen LogP contribution >= 0.6 is 0 Å². The maximum Gasteiger partial charge on any atom is 0.220 e. The van der Waals surface area contributed by atoms with E-state index in [1.165, 1.54) is 0 Å². The normalized spacial score (nSPS) is 21.5. The minimum absolute atomic E-state index is 0.354. The largest absolute Gasteiger partial charge is 0.438 e. The van der Waals surface area contributed by atoms with Gasteiger partial charge in [-0.1, -0.05) is 31.2 Å². The van der Waals surface area contributed by atoms with Crippen LogP contribution in [0, 0.1) is 0 Å². The van der Waals surface area contributed by atoms with Crippen molar-refractivity contribution in [3.63, 3.8) is 0 Å². The number of benzene rings is 1. The van der Waals surface area contributed by atoms with Crippen LogP contribution in [-0.2, 0) is 5.54 Å². The Labute approximate surface area is 124 Å². The van der Waals surface area contributed by atoms with Crippen molar-refractivity contribution in [1.29, 1.82) is 0 Å². The summed E-state index contributed by atoms with van der Waals surface area (Å²) >= 11 is 0. The van der Waals surface area contributed by atoms with Gasteiger partial charge in [0.05, 0.1) is 0 Å². The highest BCUT2D eigenvalue weighted by atomic mass is 16.4. The number of hydrogen-bond donors (Lipinski definition) is 2. The van der Waals surface area contributed by atoms with E-state index in [-0.39, 0.29) is 5.54 Å². The van der Waals surface area contributed by atoms with Crippen molar-refractivity contribution in [3.05, 3.63) is 54.1 Å². The molecule has 1 aromatic carbocycles. The van der Waals surface area contributed by atoms with E-state index >= 15 is 0 Å². The van der Waals surface area contributed by atoms with Gasteiger partial charge in [-0.25, -0.2) is 4.98 Å². The fourth-order valence-electron chi connectivity index (χ4n) is 2.72. The van der Waals surface area contributed by atoms with Crippen molar-refractivity contribution in [2.45, 2.75) is 25.8 Å². The highest BCUT2D eigenvalue weighted by Crippen LogP contribution is 2.32. The van der Waals surface area contributed by atoms with Crippen LogP contribution in [0.3, 0.4) is 0 Å². The van der Waals surface area contributed by atoms with Gasteiger partial charge in [-0.3, -0.25) is 0 Å². The Morgan fingerprint density at radius 2 is 2.10 bits per heavy atom. The summed E-state index contributed by atoms with van der Waals surface area (Å²) in [4.78, 5) is 4.67. The monoisotopic (exact) mass is 283 g/mol. The van der Waals surface area contributed by atoms with E-state index in [0.717, 1.165) is 42.2 Å². The zero-order chi connectivity index (χ0) is 14.7. The van der Waals surface area contributed by atoms with E-state index in [1.807, 2.05) is 24.3 Å². The number of nitrogens with zero attached hydrogens (tertiary/aromatic N) is 1. The molecule has 4 heteroatoms. The predicted octanol–water partition coefficient (Wildman–Crippen LogP) is 3.09. The number of para-hydroxylation sites is 2. The molecule has 2 N–H and O–H groups in total. The van der Waals surface area contributed by atoms with Crippen LogP contribution in [-0.4, -0.2) is 18.1 Å². The molecule has 3 rings (SSSR count). The number of aromatic nitrogens is 1. The van der Waals surface area contributed by atoms with Crippen LogP contribution in [0.2, 0.25) is 0 Å². The van der Waals surface area contributed by atoms with Crippen molar-refractivity contribution in [2.75, 3.05) is 13.1 Å². The molecule has 110 valence electrons. The van der Waals surface area contributed by atoms with Gasteiger partial charge in [0, 0.05) is 12.2 Å². The third-order valence-corrected chi connectivity index (χ3v) is 3.74. The first-order valence-electron chi connectivity index (χ1n) is 7.52. The number of nitrogens with one attached hydrogen (secondary N) is 2. The second-order valence-electron chi connectivity index (χ2n) is 5.22. The van der Waals surface area contributed by atoms with E-state index in [9.17, 15) is 0 Å². The molecule has 1 heterocycles. The number of fused-ring (bicyclic) bond motifs is 1. The SMILES string of the molecule is CCNC1=CCC(NCC)(c2nc3ccccc3o2)C=C1. The van der Waals surface area contributed by atoms with E-state index in [1.54, 1.807) is 0 Å². The molecular weight excluding hydrogens is 262 g/mol. The highest BCUT2D eigenvalue weighted by Gasteiger charge is 2.34. The average molecular weight is 283 g/mol. The van der Waals surface area contributed by atoms with Gasteiger partial charge < -0.3 is 15.1 Å². The maximum absolute atomic E-state index is 5.98. The number of oxazole rings is 1. The van der Waals surface area contributed by atoms with E-state index in [4.69, 9.17) is 4.42 Å². The Kier molecular flexibility index (Phi) is 3.80. The molecule has 1 unspecified atom stereocenters. The van der Waals surface area contributed by atoms with Crippen molar-refractivity contribution in [3.8, 4) is 0 Å². The van der Waals surface area contributed by atoms with Crippen molar-refractivity contribution >= 4 is 11.1 Å². The summed E-state index contributed by atoms with van der Waals surface area (Å²) in [7, 11) is 0. The first-order chi connectivity index (χ1) is 10.3. The lowest BCUT2D eigenvalue weighted by atomic mass is 9.90. The van der Waals surface area contributed by atoms with Gasteiger partial charge in [-0.2, -0.15) is 0 Å². The second kappa shape index (κ2) is 5.74. The van der Waals surface area contributed by atoms with E-state index in [2.05, 4.69) is 47.7 Å². The molecule has 0 saturated carbocycles. The summed E-state index contributed by atoms with van der Waals surface area (Å²) in [5.41, 5.74) is 2.54. The molecule has 4 nitrogen and oxygen atoms in total. The Balaban J connectivity index is 1.97. The van der Waals surface area contributed by atoms with Gasteiger partial charge >= 0.3 is 0 Å². The van der Waals surface area contributed by atoms with E-state index in [0.29, 0.717) is 0 Å². The number of likely N-dealkylation sites (N-methyl/N-ethyl adjacent to an activating group) is 2. The summed E-state index contributed by atoms with van der Waals surface area (Å²) < 4.78 is 5.98. The Hall–Kier alpha value is -2.07. The van der Waals surface area contributed by atoms with Gasteiger partial charge in [0.15, 0.2) is 5.58 Å². The Morgan fingerprint density at radius 3 is 2.76 bits per heavy atom. The first-order valence-corrected chi connectivity index (χ1v) is 7.52. The lowest BCUT2D eigenvalue weighted by molar-refractivity contribution is 0.333. The quantitative estimate of drug-likeness (QED) is 0.885. The van der Waals surface area contributed by atoms with Crippen molar-refractivity contribution < 1.29 is 4.42 Å². The lowest BCUT2D eigenvalue weighted by Crippen LogP contribution is -2.42. The third kappa shape index (κ3) is 2.59. The summed E-state index contributed by atoms with van der Waals surface area (Å²) in [6.45, 7) is 5.98. The zero-order valence-corrected chi connectivity index (χ0v) is 12.5. The van der Waals surface area contributed by atoms with Crippen LogP contribution in [0.5, 0.6) is 0 Å². The van der Waals surface area contributed by atoms with Crippen LogP contribution < -0.4 is 10.6 Å². The molecule has 0 saturated heterocycles. The molecule has 1 aliphatic rings. The fraction of sp³-hybridized carbons (Fsp3) is 0.353. The molecule has 0 amide bonds. The van der Waals surface area contributed by atoms with Gasteiger partial charge in [0.2, 0.25) is 5.89 Å². The molecule has 0 fully saturated rings. The molecular formula is C17H21N3O. The van der Waals surface area contributed by atoms with Gasteiger partial charge in [0.25, 0.3) is 0 Å². The fourth-order valence-corrected chi connectivity index (χ4v) is 2.72. The van der Waals surface area contributed by atoms with E-state index < -0.39 is 0 Å². The van der Waals surface area contributed by atoms with Crippen LogP contribution in [0.1, 0.15) is 26.2 Å². The zero-order valence-electron chi connectivity index (χ0n) is 12.5. The number of allylic oxidation sites excluding steroid dienone is 1. The molecule has 0 bridgehead atoms. The molecule has 0 aliphatic heterocycles. The topological polar surface area (TPSA) is 50.1 Å². The second-order valence-corrected chi connectivity index (χ2v) is 5.22. The smallest absolute Gasteiger partial charge is 0.220 e. The van der Waals surface area contributed by atoms with Crippen LogP contribution in [0.15, 0.2) is 52.6 Å². The number of hydrogen-bond acceptors (Lipinski definition) is 4. The maximum atomic E-state index is 5.98. The van der Waals surface area contributed by atoms with Gasteiger partial charge in [-0.15, -0.1) is 0 Å². The predicted molar refractivity (Wildman–Crippen MR) is 84.9 cm³/mol. The summed E-state index contributed by atoms with van der Waals surface area (Å²) in [5.74, 6) is 0.730. The molecule has 2 aromatic rings. The summed E-state index contributed by atoms with van der Waals surface area (Å²) in [5, 5.41) is 6.86. The molecule has 1 aromatic heterocycles. The van der Waals surface area contributed by atoms with Crippen LogP contribution in [0.25, 0.3) is 11.1 Å². The number of rotatable bonds is 5. The van der Waals surface area contributed by atoms with Gasteiger partial charge in [-0.05, 0) is 38.1 Å².